The Hall–Kier alpha value is -2.61. The van der Waals surface area contributed by atoms with Crippen LogP contribution in [0.5, 0.6) is 0 Å². The Morgan fingerprint density at radius 3 is 2.47 bits per heavy atom. The first-order valence-electron chi connectivity index (χ1n) is 10.8. The van der Waals surface area contributed by atoms with Crippen LogP contribution in [0, 0.1) is 11.3 Å². The first kappa shape index (κ1) is 25.4. The summed E-state index contributed by atoms with van der Waals surface area (Å²) in [5.74, 6) is 0.520. The maximum atomic E-state index is 12.1. The second kappa shape index (κ2) is 12.2. The summed E-state index contributed by atoms with van der Waals surface area (Å²) in [6, 6.07) is 0. The van der Waals surface area contributed by atoms with Crippen LogP contribution in [0.25, 0.3) is 0 Å². The van der Waals surface area contributed by atoms with Crippen molar-refractivity contribution in [3.05, 3.63) is 95.3 Å². The zero-order chi connectivity index (χ0) is 22.7. The molecule has 1 unspecified atom stereocenters. The largest absolute Gasteiger partial charge is 0.323 e. The van der Waals surface area contributed by atoms with Gasteiger partial charge in [0, 0.05) is 11.8 Å². The molecule has 0 heterocycles. The van der Waals surface area contributed by atoms with Crippen molar-refractivity contribution in [2.75, 3.05) is 0 Å². The molecule has 1 atom stereocenters. The number of amides is 1. The first-order chi connectivity index (χ1) is 14.1. The van der Waals surface area contributed by atoms with E-state index in [-0.39, 0.29) is 11.3 Å². The van der Waals surface area contributed by atoms with Gasteiger partial charge in [0.15, 0.2) is 0 Å². The Kier molecular flexibility index (Phi) is 10.3. The van der Waals surface area contributed by atoms with E-state index in [4.69, 9.17) is 0 Å². The standard InChI is InChI=1S/C28H39NO/c1-9-11-15-25(10-2)29-27(30)20-22(4)14-12-13-21(3)16-17-26-24(6)23(5)18-19-28(26,7)8/h9-17,20,23H,1,18-19H2,2-8H3,(H,29,30)/b14-12+,15-11-,17-16+,21-13+,22-20-,25-10+. The molecular formula is C28H39NO. The molecule has 2 nitrogen and oxygen atoms in total. The molecule has 1 aliphatic rings. The van der Waals surface area contributed by atoms with Crippen molar-refractivity contribution in [2.24, 2.45) is 11.3 Å². The van der Waals surface area contributed by atoms with Gasteiger partial charge in [0.25, 0.3) is 0 Å². The fourth-order valence-electron chi connectivity index (χ4n) is 3.52. The van der Waals surface area contributed by atoms with Gasteiger partial charge >= 0.3 is 0 Å². The molecular weight excluding hydrogens is 366 g/mol. The second-order valence-corrected chi connectivity index (χ2v) is 8.74. The van der Waals surface area contributed by atoms with E-state index in [1.54, 1.807) is 18.2 Å². The zero-order valence-corrected chi connectivity index (χ0v) is 19.9. The number of carbonyl (C=O) groups is 1. The highest BCUT2D eigenvalue weighted by atomic mass is 16.1. The summed E-state index contributed by atoms with van der Waals surface area (Å²) in [7, 11) is 0. The predicted octanol–water partition coefficient (Wildman–Crippen LogP) is 7.53. The van der Waals surface area contributed by atoms with E-state index in [0.717, 1.165) is 11.3 Å². The lowest BCUT2D eigenvalue weighted by atomic mass is 9.69. The Morgan fingerprint density at radius 1 is 1.13 bits per heavy atom. The molecule has 0 aromatic rings. The summed E-state index contributed by atoms with van der Waals surface area (Å²) in [6.45, 7) is 18.8. The number of allylic oxidation sites excluding steroid dienone is 13. The third-order valence-corrected chi connectivity index (χ3v) is 5.68. The average Bonchev–Trinajstić information content (AvgIpc) is 2.68. The summed E-state index contributed by atoms with van der Waals surface area (Å²) in [5, 5.41) is 2.85. The summed E-state index contributed by atoms with van der Waals surface area (Å²) >= 11 is 0. The minimum absolute atomic E-state index is 0.143. The predicted molar refractivity (Wildman–Crippen MR) is 132 cm³/mol. The van der Waals surface area contributed by atoms with Gasteiger partial charge in [-0.2, -0.15) is 0 Å². The summed E-state index contributed by atoms with van der Waals surface area (Å²) in [6.07, 6.45) is 21.7. The molecule has 162 valence electrons. The van der Waals surface area contributed by atoms with E-state index in [2.05, 4.69) is 64.7 Å². The zero-order valence-electron chi connectivity index (χ0n) is 19.9. The fraction of sp³-hybridized carbons (Fsp3) is 0.393. The third kappa shape index (κ3) is 8.41. The van der Waals surface area contributed by atoms with Crippen LogP contribution < -0.4 is 5.32 Å². The maximum absolute atomic E-state index is 12.1. The van der Waals surface area contributed by atoms with Crippen molar-refractivity contribution in [3.63, 3.8) is 0 Å². The lowest BCUT2D eigenvalue weighted by Crippen LogP contribution is -2.23. The van der Waals surface area contributed by atoms with Gasteiger partial charge in [-0.3, -0.25) is 4.79 Å². The third-order valence-electron chi connectivity index (χ3n) is 5.68. The Labute approximate surface area is 184 Å². The van der Waals surface area contributed by atoms with E-state index in [1.807, 2.05) is 38.2 Å². The smallest absolute Gasteiger partial charge is 0.248 e. The lowest BCUT2D eigenvalue weighted by Gasteiger charge is -2.36. The molecule has 0 aromatic heterocycles. The Morgan fingerprint density at radius 2 is 1.83 bits per heavy atom. The van der Waals surface area contributed by atoms with Crippen molar-refractivity contribution in [3.8, 4) is 0 Å². The maximum Gasteiger partial charge on any atom is 0.248 e. The molecule has 1 rings (SSSR count). The summed E-state index contributed by atoms with van der Waals surface area (Å²) < 4.78 is 0. The van der Waals surface area contributed by atoms with Crippen LogP contribution >= 0.6 is 0 Å². The molecule has 1 amide bonds. The Bertz CT molecular complexity index is 838. The average molecular weight is 406 g/mol. The molecule has 0 radical (unpaired) electrons. The van der Waals surface area contributed by atoms with Crippen molar-refractivity contribution in [1.29, 1.82) is 0 Å². The number of hydrogen-bond acceptors (Lipinski definition) is 1. The number of nitrogens with one attached hydrogen (secondary N) is 1. The molecule has 0 fully saturated rings. The van der Waals surface area contributed by atoms with Gasteiger partial charge in [-0.1, -0.05) is 87.1 Å². The molecule has 0 spiro atoms. The van der Waals surface area contributed by atoms with Crippen LogP contribution in [0.2, 0.25) is 0 Å². The van der Waals surface area contributed by atoms with Gasteiger partial charge in [-0.05, 0) is 69.1 Å². The summed E-state index contributed by atoms with van der Waals surface area (Å²) in [4.78, 5) is 12.1. The minimum atomic E-state index is -0.143. The van der Waals surface area contributed by atoms with E-state index in [9.17, 15) is 4.79 Å². The van der Waals surface area contributed by atoms with Crippen molar-refractivity contribution < 1.29 is 4.79 Å². The van der Waals surface area contributed by atoms with Crippen molar-refractivity contribution in [2.45, 2.75) is 61.3 Å². The van der Waals surface area contributed by atoms with Crippen LogP contribution in [0.15, 0.2) is 95.3 Å². The molecule has 2 heteroatoms. The topological polar surface area (TPSA) is 29.1 Å². The van der Waals surface area contributed by atoms with Crippen LogP contribution in [0.3, 0.4) is 0 Å². The number of hydrogen-bond donors (Lipinski definition) is 1. The fourth-order valence-corrected chi connectivity index (χ4v) is 3.52. The van der Waals surface area contributed by atoms with Crippen LogP contribution in [-0.4, -0.2) is 5.91 Å². The molecule has 0 saturated heterocycles. The van der Waals surface area contributed by atoms with Gasteiger partial charge in [0.2, 0.25) is 5.91 Å². The van der Waals surface area contributed by atoms with E-state index in [0.29, 0.717) is 5.92 Å². The van der Waals surface area contributed by atoms with E-state index >= 15 is 0 Å². The molecule has 0 aliphatic heterocycles. The number of carbonyl (C=O) groups excluding carboxylic acids is 1. The van der Waals surface area contributed by atoms with Gasteiger partial charge in [0.05, 0.1) is 0 Å². The van der Waals surface area contributed by atoms with Gasteiger partial charge < -0.3 is 5.32 Å². The van der Waals surface area contributed by atoms with Crippen molar-refractivity contribution in [1.82, 2.24) is 5.32 Å². The highest BCUT2D eigenvalue weighted by Crippen LogP contribution is 2.43. The molecule has 0 aromatic carbocycles. The highest BCUT2D eigenvalue weighted by Gasteiger charge is 2.29. The Balaban J connectivity index is 2.78. The van der Waals surface area contributed by atoms with E-state index < -0.39 is 0 Å². The molecule has 0 bridgehead atoms. The first-order valence-corrected chi connectivity index (χ1v) is 10.8. The van der Waals surface area contributed by atoms with Crippen LogP contribution in [0.4, 0.5) is 0 Å². The SMILES string of the molecule is C=C/C=C\C(=C/C)NC(=O)\C=C(C)/C=C/C=C(C)/C=C/C1=C(C)C(C)CCC1(C)C. The minimum Gasteiger partial charge on any atom is -0.323 e. The summed E-state index contributed by atoms with van der Waals surface area (Å²) in [5.41, 5.74) is 6.05. The monoisotopic (exact) mass is 405 g/mol. The second-order valence-electron chi connectivity index (χ2n) is 8.74. The highest BCUT2D eigenvalue weighted by molar-refractivity contribution is 5.90. The molecule has 1 N–H and O–H groups in total. The molecule has 30 heavy (non-hydrogen) atoms. The molecule has 1 aliphatic carbocycles. The van der Waals surface area contributed by atoms with Gasteiger partial charge in [-0.25, -0.2) is 0 Å². The quantitative estimate of drug-likeness (QED) is 0.328. The normalized spacial score (nSPS) is 21.2. The van der Waals surface area contributed by atoms with E-state index in [1.165, 1.54) is 29.6 Å². The van der Waals surface area contributed by atoms with Crippen molar-refractivity contribution >= 4 is 5.91 Å². The van der Waals surface area contributed by atoms with Gasteiger partial charge in [0.1, 0.15) is 0 Å². The van der Waals surface area contributed by atoms with Crippen LogP contribution in [0.1, 0.15) is 61.3 Å². The van der Waals surface area contributed by atoms with Crippen LogP contribution in [-0.2, 0) is 4.79 Å². The van der Waals surface area contributed by atoms with Gasteiger partial charge in [-0.15, -0.1) is 0 Å². The lowest BCUT2D eigenvalue weighted by molar-refractivity contribution is -0.115. The molecule has 0 saturated carbocycles. The number of rotatable bonds is 8.